The third-order valence-electron chi connectivity index (χ3n) is 6.35. The Bertz CT molecular complexity index is 679. The zero-order valence-corrected chi connectivity index (χ0v) is 16.6. The highest BCUT2D eigenvalue weighted by molar-refractivity contribution is 5.21. The molecule has 2 aromatic rings. The number of fused-ring (bicyclic) bond motifs is 2. The number of aromatic nitrogens is 4. The number of hydrogen-bond donors (Lipinski definition) is 1. The number of rotatable bonds is 12. The van der Waals surface area contributed by atoms with E-state index in [9.17, 15) is 0 Å². The van der Waals surface area contributed by atoms with E-state index >= 15 is 0 Å². The van der Waals surface area contributed by atoms with Gasteiger partial charge in [-0.25, -0.2) is 0 Å². The molecule has 1 aromatic heterocycles. The number of hydrogen-bond acceptors (Lipinski definition) is 5. The van der Waals surface area contributed by atoms with Crippen molar-refractivity contribution in [1.29, 1.82) is 0 Å². The summed E-state index contributed by atoms with van der Waals surface area (Å²) in [6.07, 6.45) is 13.2. The maximum absolute atomic E-state index is 6.23. The lowest BCUT2D eigenvalue weighted by molar-refractivity contribution is 0.0806. The minimum absolute atomic E-state index is 0.420. The number of benzene rings is 1. The molecular formula is C22H32N4O2. The smallest absolute Gasteiger partial charge is 0.174 e. The van der Waals surface area contributed by atoms with Crippen LogP contribution in [0, 0.1) is 11.8 Å². The SMILES string of the molecule is c1ccc(OCC2C3CCC(O3)C2CCCCCCCCc2nn[nH]n2)cc1. The van der Waals surface area contributed by atoms with Crippen LogP contribution in [0.2, 0.25) is 0 Å². The lowest BCUT2D eigenvalue weighted by Gasteiger charge is -2.28. The molecule has 2 aliphatic heterocycles. The fourth-order valence-corrected chi connectivity index (χ4v) is 4.87. The van der Waals surface area contributed by atoms with Crippen LogP contribution in [-0.2, 0) is 11.2 Å². The highest BCUT2D eigenvalue weighted by atomic mass is 16.5. The van der Waals surface area contributed by atoms with Crippen LogP contribution in [0.15, 0.2) is 30.3 Å². The molecule has 6 heteroatoms. The van der Waals surface area contributed by atoms with Gasteiger partial charge in [-0.1, -0.05) is 55.5 Å². The van der Waals surface area contributed by atoms with Gasteiger partial charge < -0.3 is 9.47 Å². The molecule has 0 amide bonds. The fraction of sp³-hybridized carbons (Fsp3) is 0.682. The number of tetrazole rings is 1. The predicted octanol–water partition coefficient (Wildman–Crippen LogP) is 4.35. The van der Waals surface area contributed by atoms with Gasteiger partial charge in [0.15, 0.2) is 5.82 Å². The van der Waals surface area contributed by atoms with Crippen LogP contribution in [0.1, 0.15) is 63.6 Å². The number of H-pyrrole nitrogens is 1. The molecule has 152 valence electrons. The molecule has 0 spiro atoms. The van der Waals surface area contributed by atoms with Crippen LogP contribution in [0.4, 0.5) is 0 Å². The Labute approximate surface area is 167 Å². The summed E-state index contributed by atoms with van der Waals surface area (Å²) in [6.45, 7) is 0.798. The Kier molecular flexibility index (Phi) is 6.92. The number of aryl methyl sites for hydroxylation is 1. The molecule has 0 aliphatic carbocycles. The topological polar surface area (TPSA) is 72.9 Å². The van der Waals surface area contributed by atoms with Gasteiger partial charge in [-0.3, -0.25) is 0 Å². The van der Waals surface area contributed by atoms with Gasteiger partial charge in [-0.15, -0.1) is 10.2 Å². The molecule has 4 rings (SSSR count). The van der Waals surface area contributed by atoms with Crippen molar-refractivity contribution >= 4 is 0 Å². The summed E-state index contributed by atoms with van der Waals surface area (Å²) in [7, 11) is 0. The van der Waals surface area contributed by atoms with Gasteiger partial charge in [0.05, 0.1) is 18.8 Å². The van der Waals surface area contributed by atoms with E-state index in [4.69, 9.17) is 9.47 Å². The molecular weight excluding hydrogens is 352 g/mol. The van der Waals surface area contributed by atoms with E-state index in [1.54, 1.807) is 0 Å². The molecule has 2 bridgehead atoms. The summed E-state index contributed by atoms with van der Waals surface area (Å²) < 4.78 is 12.3. The first-order chi connectivity index (χ1) is 13.9. The van der Waals surface area contributed by atoms with Gasteiger partial charge in [0.1, 0.15) is 5.75 Å². The molecule has 0 saturated carbocycles. The second-order valence-corrected chi connectivity index (χ2v) is 8.23. The first-order valence-corrected chi connectivity index (χ1v) is 11.0. The molecule has 28 heavy (non-hydrogen) atoms. The fourth-order valence-electron chi connectivity index (χ4n) is 4.87. The quantitative estimate of drug-likeness (QED) is 0.551. The number of aromatic amines is 1. The minimum Gasteiger partial charge on any atom is -0.493 e. The van der Waals surface area contributed by atoms with Crippen LogP contribution in [0.5, 0.6) is 5.75 Å². The molecule has 0 radical (unpaired) electrons. The minimum atomic E-state index is 0.420. The predicted molar refractivity (Wildman–Crippen MR) is 107 cm³/mol. The van der Waals surface area contributed by atoms with E-state index in [1.807, 2.05) is 30.3 Å². The molecule has 1 aromatic carbocycles. The van der Waals surface area contributed by atoms with E-state index in [0.717, 1.165) is 31.0 Å². The number of nitrogens with zero attached hydrogens (tertiary/aromatic N) is 3. The van der Waals surface area contributed by atoms with E-state index in [-0.39, 0.29) is 0 Å². The largest absolute Gasteiger partial charge is 0.493 e. The molecule has 1 N–H and O–H groups in total. The van der Waals surface area contributed by atoms with E-state index in [2.05, 4.69) is 20.6 Å². The Morgan fingerprint density at radius 3 is 2.46 bits per heavy atom. The third-order valence-corrected chi connectivity index (χ3v) is 6.35. The second kappa shape index (κ2) is 10.0. The molecule has 3 heterocycles. The molecule has 4 unspecified atom stereocenters. The number of unbranched alkanes of at least 4 members (excludes halogenated alkanes) is 5. The van der Waals surface area contributed by atoms with Crippen molar-refractivity contribution in [3.8, 4) is 5.75 Å². The molecule has 6 nitrogen and oxygen atoms in total. The van der Waals surface area contributed by atoms with E-state index < -0.39 is 0 Å². The lowest BCUT2D eigenvalue weighted by Crippen LogP contribution is -2.31. The summed E-state index contributed by atoms with van der Waals surface area (Å²) in [5.41, 5.74) is 0. The molecule has 2 saturated heterocycles. The van der Waals surface area contributed by atoms with Crippen LogP contribution in [-0.4, -0.2) is 39.4 Å². The Morgan fingerprint density at radius 2 is 1.68 bits per heavy atom. The van der Waals surface area contributed by atoms with Gasteiger partial charge in [0, 0.05) is 12.3 Å². The summed E-state index contributed by atoms with van der Waals surface area (Å²) in [5.74, 6) is 3.06. The van der Waals surface area contributed by atoms with Gasteiger partial charge in [-0.05, 0) is 43.7 Å². The van der Waals surface area contributed by atoms with Crippen molar-refractivity contribution in [3.63, 3.8) is 0 Å². The normalized spacial score (nSPS) is 26.0. The van der Waals surface area contributed by atoms with Crippen LogP contribution >= 0.6 is 0 Å². The number of nitrogens with one attached hydrogen (secondary N) is 1. The van der Waals surface area contributed by atoms with Crippen molar-refractivity contribution in [1.82, 2.24) is 20.6 Å². The van der Waals surface area contributed by atoms with Crippen LogP contribution in [0.3, 0.4) is 0 Å². The van der Waals surface area contributed by atoms with Crippen molar-refractivity contribution in [2.75, 3.05) is 6.61 Å². The number of ether oxygens (including phenoxy) is 2. The van der Waals surface area contributed by atoms with Gasteiger partial charge in [-0.2, -0.15) is 5.21 Å². The first-order valence-electron chi connectivity index (χ1n) is 11.0. The summed E-state index contributed by atoms with van der Waals surface area (Å²) in [5, 5.41) is 14.1. The molecule has 2 fully saturated rings. The maximum Gasteiger partial charge on any atom is 0.174 e. The highest BCUT2D eigenvalue weighted by Gasteiger charge is 2.48. The Balaban J connectivity index is 1.11. The lowest BCUT2D eigenvalue weighted by atomic mass is 9.77. The van der Waals surface area contributed by atoms with Crippen molar-refractivity contribution in [2.45, 2.75) is 76.4 Å². The highest BCUT2D eigenvalue weighted by Crippen LogP contribution is 2.45. The van der Waals surface area contributed by atoms with Gasteiger partial charge in [0.25, 0.3) is 0 Å². The molecule has 2 aliphatic rings. The van der Waals surface area contributed by atoms with Crippen LogP contribution in [0.25, 0.3) is 0 Å². The zero-order chi connectivity index (χ0) is 19.0. The van der Waals surface area contributed by atoms with Gasteiger partial charge in [0.2, 0.25) is 0 Å². The second-order valence-electron chi connectivity index (χ2n) is 8.23. The van der Waals surface area contributed by atoms with Gasteiger partial charge >= 0.3 is 0 Å². The maximum atomic E-state index is 6.23. The van der Waals surface area contributed by atoms with Crippen molar-refractivity contribution in [2.24, 2.45) is 11.8 Å². The first kappa shape index (κ1) is 19.4. The monoisotopic (exact) mass is 384 g/mol. The van der Waals surface area contributed by atoms with Crippen LogP contribution < -0.4 is 4.74 Å². The number of para-hydroxylation sites is 1. The zero-order valence-electron chi connectivity index (χ0n) is 16.6. The van der Waals surface area contributed by atoms with Crippen molar-refractivity contribution in [3.05, 3.63) is 36.2 Å². The average molecular weight is 385 g/mol. The summed E-state index contributed by atoms with van der Waals surface area (Å²) >= 11 is 0. The standard InChI is InChI=1S/C22H32N4O2/c1(2-4-9-13-22-23-25-26-24-22)3-8-12-18-19(21-15-14-20(18)28-21)16-27-17-10-6-5-7-11-17/h5-7,10-11,18-21H,1-4,8-9,12-16H2,(H,23,24,25,26). The van der Waals surface area contributed by atoms with E-state index in [1.165, 1.54) is 51.4 Å². The average Bonchev–Trinajstić information content (AvgIpc) is 3.47. The van der Waals surface area contributed by atoms with E-state index in [0.29, 0.717) is 24.0 Å². The molecule has 4 atom stereocenters. The van der Waals surface area contributed by atoms with Crippen molar-refractivity contribution < 1.29 is 9.47 Å². The Morgan fingerprint density at radius 1 is 0.929 bits per heavy atom. The third kappa shape index (κ3) is 5.10. The Hall–Kier alpha value is -1.95. The summed E-state index contributed by atoms with van der Waals surface area (Å²) in [6, 6.07) is 10.2. The summed E-state index contributed by atoms with van der Waals surface area (Å²) in [4.78, 5) is 0.